The van der Waals surface area contributed by atoms with Crippen molar-refractivity contribution in [2.24, 2.45) is 0 Å². The van der Waals surface area contributed by atoms with E-state index >= 15 is 0 Å². The SMILES string of the molecule is Cc1ccc(S(=O)(=O)N2CCN(C(C)C)C(=O)C2)cc1C. The van der Waals surface area contributed by atoms with Crippen LogP contribution in [-0.2, 0) is 14.8 Å². The molecule has 1 amide bonds. The van der Waals surface area contributed by atoms with Crippen LogP contribution in [0.2, 0.25) is 0 Å². The Kier molecular flexibility index (Phi) is 4.39. The predicted octanol–water partition coefficient (Wildman–Crippen LogP) is 1.54. The minimum atomic E-state index is -3.60. The van der Waals surface area contributed by atoms with Crippen LogP contribution in [0.15, 0.2) is 23.1 Å². The molecule has 1 aliphatic heterocycles. The number of piperazine rings is 1. The summed E-state index contributed by atoms with van der Waals surface area (Å²) in [6.07, 6.45) is 0. The highest BCUT2D eigenvalue weighted by molar-refractivity contribution is 7.89. The van der Waals surface area contributed by atoms with E-state index < -0.39 is 10.0 Å². The molecule has 1 aliphatic rings. The summed E-state index contributed by atoms with van der Waals surface area (Å²) in [7, 11) is -3.60. The van der Waals surface area contributed by atoms with Crippen LogP contribution < -0.4 is 0 Å². The van der Waals surface area contributed by atoms with Gasteiger partial charge in [0.2, 0.25) is 15.9 Å². The maximum atomic E-state index is 12.6. The molecule has 1 saturated heterocycles. The van der Waals surface area contributed by atoms with Gasteiger partial charge in [-0.25, -0.2) is 8.42 Å². The summed E-state index contributed by atoms with van der Waals surface area (Å²) >= 11 is 0. The van der Waals surface area contributed by atoms with Crippen molar-refractivity contribution in [2.45, 2.75) is 38.6 Å². The average Bonchev–Trinajstić information content (AvgIpc) is 2.41. The highest BCUT2D eigenvalue weighted by Gasteiger charge is 2.33. The van der Waals surface area contributed by atoms with Crippen LogP contribution in [0, 0.1) is 13.8 Å². The number of carbonyl (C=O) groups excluding carboxylic acids is 1. The second kappa shape index (κ2) is 5.77. The molecule has 21 heavy (non-hydrogen) atoms. The molecule has 116 valence electrons. The Morgan fingerprint density at radius 1 is 1.10 bits per heavy atom. The van der Waals surface area contributed by atoms with Gasteiger partial charge in [-0.3, -0.25) is 4.79 Å². The quantitative estimate of drug-likeness (QED) is 0.851. The third-order valence-corrected chi connectivity index (χ3v) is 5.80. The molecule has 0 radical (unpaired) electrons. The Balaban J connectivity index is 2.25. The lowest BCUT2D eigenvalue weighted by molar-refractivity contribution is -0.135. The zero-order valence-corrected chi connectivity index (χ0v) is 13.8. The molecule has 0 bridgehead atoms. The van der Waals surface area contributed by atoms with E-state index in [4.69, 9.17) is 0 Å². The molecule has 1 aromatic rings. The number of hydrogen-bond donors (Lipinski definition) is 0. The van der Waals surface area contributed by atoms with Crippen molar-refractivity contribution >= 4 is 15.9 Å². The fourth-order valence-corrected chi connectivity index (χ4v) is 3.91. The van der Waals surface area contributed by atoms with Gasteiger partial charge in [-0.2, -0.15) is 4.31 Å². The second-order valence-corrected chi connectivity index (χ2v) is 7.70. The number of nitrogens with zero attached hydrogens (tertiary/aromatic N) is 2. The van der Waals surface area contributed by atoms with E-state index in [1.807, 2.05) is 27.7 Å². The summed E-state index contributed by atoms with van der Waals surface area (Å²) in [5.41, 5.74) is 1.98. The molecule has 0 saturated carbocycles. The maximum absolute atomic E-state index is 12.6. The molecule has 1 heterocycles. The lowest BCUT2D eigenvalue weighted by Gasteiger charge is -2.36. The fourth-order valence-electron chi connectivity index (χ4n) is 2.44. The Morgan fingerprint density at radius 2 is 1.76 bits per heavy atom. The maximum Gasteiger partial charge on any atom is 0.243 e. The van der Waals surface area contributed by atoms with Crippen LogP contribution in [0.1, 0.15) is 25.0 Å². The first kappa shape index (κ1) is 16.0. The average molecular weight is 310 g/mol. The van der Waals surface area contributed by atoms with Gasteiger partial charge in [-0.1, -0.05) is 6.07 Å². The zero-order valence-electron chi connectivity index (χ0n) is 13.0. The van der Waals surface area contributed by atoms with Crippen molar-refractivity contribution < 1.29 is 13.2 Å². The lowest BCUT2D eigenvalue weighted by atomic mass is 10.1. The van der Waals surface area contributed by atoms with Gasteiger partial charge in [-0.15, -0.1) is 0 Å². The number of rotatable bonds is 3. The minimum absolute atomic E-state index is 0.0760. The van der Waals surface area contributed by atoms with E-state index in [2.05, 4.69) is 0 Å². The van der Waals surface area contributed by atoms with Crippen molar-refractivity contribution in [3.63, 3.8) is 0 Å². The Bertz CT molecular complexity index is 653. The van der Waals surface area contributed by atoms with Crippen molar-refractivity contribution in [2.75, 3.05) is 19.6 Å². The molecule has 0 spiro atoms. The van der Waals surface area contributed by atoms with Crippen LogP contribution >= 0.6 is 0 Å². The molecular formula is C15H22N2O3S. The van der Waals surface area contributed by atoms with Crippen molar-refractivity contribution in [1.29, 1.82) is 0 Å². The largest absolute Gasteiger partial charge is 0.338 e. The summed E-state index contributed by atoms with van der Waals surface area (Å²) < 4.78 is 26.5. The van der Waals surface area contributed by atoms with Crippen molar-refractivity contribution in [3.8, 4) is 0 Å². The smallest absolute Gasteiger partial charge is 0.243 e. The molecule has 0 atom stereocenters. The molecule has 1 fully saturated rings. The topological polar surface area (TPSA) is 57.7 Å². The number of sulfonamides is 1. The van der Waals surface area contributed by atoms with Crippen LogP contribution in [0.25, 0.3) is 0 Å². The van der Waals surface area contributed by atoms with E-state index in [1.165, 1.54) is 4.31 Å². The molecule has 5 nitrogen and oxygen atoms in total. The van der Waals surface area contributed by atoms with Crippen LogP contribution in [-0.4, -0.2) is 49.2 Å². The standard InChI is InChI=1S/C15H22N2O3S/c1-11(2)17-8-7-16(10-15(17)18)21(19,20)14-6-5-12(3)13(4)9-14/h5-6,9,11H,7-8,10H2,1-4H3. The summed E-state index contributed by atoms with van der Waals surface area (Å²) in [4.78, 5) is 14.0. The number of benzene rings is 1. The van der Waals surface area contributed by atoms with E-state index in [-0.39, 0.29) is 23.4 Å². The minimum Gasteiger partial charge on any atom is -0.338 e. The molecular weight excluding hydrogens is 288 g/mol. The Labute approximate surface area is 126 Å². The van der Waals surface area contributed by atoms with E-state index in [0.29, 0.717) is 13.1 Å². The Hall–Kier alpha value is -1.40. The first-order valence-electron chi connectivity index (χ1n) is 7.10. The zero-order chi connectivity index (χ0) is 15.8. The first-order valence-corrected chi connectivity index (χ1v) is 8.54. The molecule has 6 heteroatoms. The van der Waals surface area contributed by atoms with Gasteiger partial charge in [0.15, 0.2) is 0 Å². The fraction of sp³-hybridized carbons (Fsp3) is 0.533. The van der Waals surface area contributed by atoms with Gasteiger partial charge in [0, 0.05) is 19.1 Å². The summed E-state index contributed by atoms with van der Waals surface area (Å²) in [5.74, 6) is -0.136. The summed E-state index contributed by atoms with van der Waals surface area (Å²) in [6, 6.07) is 5.18. The van der Waals surface area contributed by atoms with Gasteiger partial charge in [-0.05, 0) is 51.0 Å². The van der Waals surface area contributed by atoms with E-state index in [0.717, 1.165) is 11.1 Å². The molecule has 2 rings (SSSR count). The van der Waals surface area contributed by atoms with E-state index in [9.17, 15) is 13.2 Å². The first-order chi connectivity index (χ1) is 9.73. The van der Waals surface area contributed by atoms with Gasteiger partial charge in [0.25, 0.3) is 0 Å². The summed E-state index contributed by atoms with van der Waals surface area (Å²) in [6.45, 7) is 8.41. The van der Waals surface area contributed by atoms with Crippen LogP contribution in [0.5, 0.6) is 0 Å². The van der Waals surface area contributed by atoms with Gasteiger partial charge in [0.05, 0.1) is 11.4 Å². The number of carbonyl (C=O) groups is 1. The molecule has 0 aliphatic carbocycles. The number of aryl methyl sites for hydroxylation is 2. The molecule has 0 aromatic heterocycles. The van der Waals surface area contributed by atoms with Gasteiger partial charge in [0.1, 0.15) is 0 Å². The normalized spacial score (nSPS) is 17.6. The van der Waals surface area contributed by atoms with Crippen LogP contribution in [0.4, 0.5) is 0 Å². The number of hydrogen-bond acceptors (Lipinski definition) is 3. The third-order valence-electron chi connectivity index (χ3n) is 3.96. The lowest BCUT2D eigenvalue weighted by Crippen LogP contribution is -2.54. The highest BCUT2D eigenvalue weighted by atomic mass is 32.2. The molecule has 1 aromatic carbocycles. The molecule has 0 N–H and O–H groups in total. The highest BCUT2D eigenvalue weighted by Crippen LogP contribution is 2.21. The second-order valence-electron chi connectivity index (χ2n) is 5.77. The summed E-state index contributed by atoms with van der Waals surface area (Å²) in [5, 5.41) is 0. The van der Waals surface area contributed by atoms with Gasteiger partial charge < -0.3 is 4.90 Å². The Morgan fingerprint density at radius 3 is 2.29 bits per heavy atom. The van der Waals surface area contributed by atoms with E-state index in [1.54, 1.807) is 23.1 Å². The third kappa shape index (κ3) is 3.11. The predicted molar refractivity (Wildman–Crippen MR) is 81.5 cm³/mol. The molecule has 0 unspecified atom stereocenters. The monoisotopic (exact) mass is 310 g/mol. The van der Waals surface area contributed by atoms with Crippen molar-refractivity contribution in [3.05, 3.63) is 29.3 Å². The van der Waals surface area contributed by atoms with Gasteiger partial charge >= 0.3 is 0 Å². The number of amides is 1. The van der Waals surface area contributed by atoms with Crippen molar-refractivity contribution in [1.82, 2.24) is 9.21 Å². The van der Waals surface area contributed by atoms with Crippen LogP contribution in [0.3, 0.4) is 0 Å².